The number of pyridine rings is 2. The second kappa shape index (κ2) is 9.54. The maximum Gasteiger partial charge on any atom is 0.416 e. The summed E-state index contributed by atoms with van der Waals surface area (Å²) in [7, 11) is 0. The first-order valence-electron chi connectivity index (χ1n) is 9.26. The first kappa shape index (κ1) is 22.9. The molecule has 0 bridgehead atoms. The maximum absolute atomic E-state index is 14.4. The van der Waals surface area contributed by atoms with Gasteiger partial charge in [-0.15, -0.1) is 0 Å². The number of alkyl halides is 3. The molecule has 0 aliphatic heterocycles. The highest BCUT2D eigenvalue weighted by molar-refractivity contribution is 5.95. The van der Waals surface area contributed by atoms with Crippen LogP contribution in [-0.4, -0.2) is 33.4 Å². The first-order valence-corrected chi connectivity index (χ1v) is 9.26. The van der Waals surface area contributed by atoms with Crippen molar-refractivity contribution in [3.05, 3.63) is 89.3 Å². The first-order chi connectivity index (χ1) is 15.1. The molecule has 1 atom stereocenters. The monoisotopic (exact) mass is 448 g/mol. The van der Waals surface area contributed by atoms with E-state index in [2.05, 4.69) is 9.97 Å². The fraction of sp³-hybridized carbons (Fsp3) is 0.182. The molecule has 0 radical (unpaired) electrons. The molecule has 0 unspecified atom stereocenters. The van der Waals surface area contributed by atoms with Crippen molar-refractivity contribution in [2.75, 3.05) is 6.61 Å². The third-order valence-corrected chi connectivity index (χ3v) is 4.53. The zero-order valence-corrected chi connectivity index (χ0v) is 16.3. The third-order valence-electron chi connectivity index (χ3n) is 4.53. The van der Waals surface area contributed by atoms with Gasteiger partial charge in [0.2, 0.25) is 0 Å². The van der Waals surface area contributed by atoms with Crippen LogP contribution in [0.2, 0.25) is 0 Å². The number of carbonyl (C=O) groups is 2. The Labute approximate surface area is 179 Å². The van der Waals surface area contributed by atoms with E-state index in [1.54, 1.807) is 0 Å². The molecular weight excluding hydrogens is 432 g/mol. The van der Waals surface area contributed by atoms with Gasteiger partial charge in [-0.25, -0.2) is 14.2 Å². The molecule has 3 rings (SSSR count). The van der Waals surface area contributed by atoms with Crippen LogP contribution in [0.5, 0.6) is 5.75 Å². The number of ether oxygens (including phenoxy) is 1. The zero-order valence-electron chi connectivity index (χ0n) is 16.3. The van der Waals surface area contributed by atoms with Gasteiger partial charge in [0, 0.05) is 18.5 Å². The molecule has 6 nitrogen and oxygen atoms in total. The topological polar surface area (TPSA) is 89.4 Å². The van der Waals surface area contributed by atoms with Crippen LogP contribution >= 0.6 is 0 Å². The lowest BCUT2D eigenvalue weighted by molar-refractivity contribution is -0.139. The Bertz CT molecular complexity index is 1100. The van der Waals surface area contributed by atoms with Crippen LogP contribution in [0.4, 0.5) is 17.6 Å². The lowest BCUT2D eigenvalue weighted by Crippen LogP contribution is -2.14. The second-order valence-electron chi connectivity index (χ2n) is 6.73. The van der Waals surface area contributed by atoms with Crippen molar-refractivity contribution in [2.24, 2.45) is 0 Å². The molecule has 32 heavy (non-hydrogen) atoms. The van der Waals surface area contributed by atoms with Gasteiger partial charge in [0.15, 0.2) is 12.4 Å². The summed E-state index contributed by atoms with van der Waals surface area (Å²) in [5.41, 5.74) is -0.667. The van der Waals surface area contributed by atoms with E-state index in [0.717, 1.165) is 18.2 Å². The number of aliphatic carboxylic acids is 1. The van der Waals surface area contributed by atoms with Gasteiger partial charge in [-0.3, -0.25) is 9.78 Å². The summed E-state index contributed by atoms with van der Waals surface area (Å²) < 4.78 is 58.0. The number of aromatic nitrogens is 2. The Morgan fingerprint density at radius 1 is 1.03 bits per heavy atom. The Balaban J connectivity index is 1.87. The van der Waals surface area contributed by atoms with Crippen molar-refractivity contribution in [2.45, 2.75) is 18.5 Å². The quantitative estimate of drug-likeness (QED) is 0.403. The van der Waals surface area contributed by atoms with E-state index in [-0.39, 0.29) is 29.1 Å². The lowest BCUT2D eigenvalue weighted by atomic mass is 9.88. The van der Waals surface area contributed by atoms with Crippen LogP contribution in [0, 0.1) is 5.82 Å². The number of carboxylic acid groups (broad SMARTS) is 1. The highest BCUT2D eigenvalue weighted by Crippen LogP contribution is 2.33. The molecule has 0 aliphatic rings. The molecule has 10 heteroatoms. The van der Waals surface area contributed by atoms with Crippen molar-refractivity contribution in [3.8, 4) is 5.75 Å². The van der Waals surface area contributed by atoms with Crippen LogP contribution in [0.1, 0.15) is 39.6 Å². The molecule has 2 aromatic heterocycles. The summed E-state index contributed by atoms with van der Waals surface area (Å²) >= 11 is 0. The summed E-state index contributed by atoms with van der Waals surface area (Å²) in [5, 5.41) is 8.62. The van der Waals surface area contributed by atoms with Gasteiger partial charge in [-0.2, -0.15) is 13.2 Å². The van der Waals surface area contributed by atoms with Crippen molar-refractivity contribution in [3.63, 3.8) is 0 Å². The number of rotatable bonds is 8. The number of nitrogens with zero attached hydrogens (tertiary/aromatic N) is 2. The smallest absolute Gasteiger partial charge is 0.416 e. The number of hydrogen-bond acceptors (Lipinski definition) is 5. The molecule has 0 saturated carbocycles. The second-order valence-corrected chi connectivity index (χ2v) is 6.73. The summed E-state index contributed by atoms with van der Waals surface area (Å²) in [4.78, 5) is 31.3. The molecular formula is C22H16F4N2O4. The van der Waals surface area contributed by atoms with Crippen molar-refractivity contribution < 1.29 is 37.0 Å². The Hall–Kier alpha value is -3.82. The van der Waals surface area contributed by atoms with E-state index < -0.39 is 41.8 Å². The van der Waals surface area contributed by atoms with Gasteiger partial charge >= 0.3 is 12.1 Å². The maximum atomic E-state index is 14.4. The highest BCUT2D eigenvalue weighted by atomic mass is 19.4. The summed E-state index contributed by atoms with van der Waals surface area (Å²) in [6.07, 6.45) is -2.34. The highest BCUT2D eigenvalue weighted by Gasteiger charge is 2.31. The molecule has 1 aromatic carbocycles. The van der Waals surface area contributed by atoms with Crippen LogP contribution in [0.3, 0.4) is 0 Å². The van der Waals surface area contributed by atoms with Crippen LogP contribution in [-0.2, 0) is 11.0 Å². The third kappa shape index (κ3) is 5.65. The Morgan fingerprint density at radius 3 is 2.31 bits per heavy atom. The van der Waals surface area contributed by atoms with Crippen molar-refractivity contribution >= 4 is 11.8 Å². The molecule has 2 heterocycles. The number of carboxylic acids is 1. The van der Waals surface area contributed by atoms with Crippen LogP contribution in [0.25, 0.3) is 0 Å². The van der Waals surface area contributed by atoms with Gasteiger partial charge in [-0.05, 0) is 42.0 Å². The van der Waals surface area contributed by atoms with Crippen molar-refractivity contribution in [1.82, 2.24) is 9.97 Å². The average Bonchev–Trinajstić information content (AvgIpc) is 2.76. The fourth-order valence-corrected chi connectivity index (χ4v) is 3.00. The largest absolute Gasteiger partial charge is 0.480 e. The Kier molecular flexibility index (Phi) is 6.82. The van der Waals surface area contributed by atoms with Gasteiger partial charge < -0.3 is 9.84 Å². The average molecular weight is 448 g/mol. The fourth-order valence-electron chi connectivity index (χ4n) is 3.00. The number of carbonyl (C=O) groups excluding carboxylic acids is 1. The number of benzene rings is 1. The Morgan fingerprint density at radius 2 is 1.75 bits per heavy atom. The molecule has 166 valence electrons. The number of hydrogen-bond donors (Lipinski definition) is 1. The van der Waals surface area contributed by atoms with E-state index in [4.69, 9.17) is 9.84 Å². The predicted molar refractivity (Wildman–Crippen MR) is 104 cm³/mol. The van der Waals surface area contributed by atoms with Gasteiger partial charge in [-0.1, -0.05) is 12.1 Å². The minimum absolute atomic E-state index is 0.000857. The number of halogens is 4. The molecule has 0 saturated heterocycles. The number of ketones is 1. The number of Topliss-reactive ketones (excluding diaryl/α,β-unsaturated/α-hetero) is 1. The normalized spacial score (nSPS) is 12.2. The van der Waals surface area contributed by atoms with E-state index in [0.29, 0.717) is 0 Å². The van der Waals surface area contributed by atoms with Gasteiger partial charge in [0.05, 0.1) is 17.5 Å². The lowest BCUT2D eigenvalue weighted by Gasteiger charge is -2.18. The van der Waals surface area contributed by atoms with Crippen LogP contribution in [0.15, 0.2) is 60.9 Å². The van der Waals surface area contributed by atoms with Gasteiger partial charge in [0.25, 0.3) is 0 Å². The van der Waals surface area contributed by atoms with E-state index in [1.165, 1.54) is 42.7 Å². The van der Waals surface area contributed by atoms with Gasteiger partial charge in [0.1, 0.15) is 17.3 Å². The van der Waals surface area contributed by atoms with Crippen LogP contribution < -0.4 is 4.74 Å². The zero-order chi connectivity index (χ0) is 23.3. The summed E-state index contributed by atoms with van der Waals surface area (Å²) in [5.74, 6) is -3.20. The molecule has 0 spiro atoms. The molecule has 1 N–H and O–H groups in total. The molecule has 0 aliphatic carbocycles. The van der Waals surface area contributed by atoms with E-state index in [1.807, 2.05) is 0 Å². The standard InChI is InChI=1S/C22H16F4N2O4/c23-17-2-1-9-27-21(17)16(13-3-5-14(6-4-13)22(24,25)26)10-19(29)18-8-7-15(11-28-18)32-12-20(30)31/h1-9,11,16H,10,12H2,(H,30,31)/t16-/m0/s1. The molecule has 0 fully saturated rings. The molecule has 0 amide bonds. The molecule has 3 aromatic rings. The predicted octanol–water partition coefficient (Wildman–Crippen LogP) is 4.50. The summed E-state index contributed by atoms with van der Waals surface area (Å²) in [6.45, 7) is -0.579. The van der Waals surface area contributed by atoms with E-state index >= 15 is 0 Å². The van der Waals surface area contributed by atoms with E-state index in [9.17, 15) is 27.2 Å². The minimum atomic E-state index is -4.53. The summed E-state index contributed by atoms with van der Waals surface area (Å²) in [6, 6.07) is 9.28. The SMILES string of the molecule is O=C(O)COc1ccc(C(=O)C[C@@H](c2ccc(C(F)(F)F)cc2)c2ncccc2F)nc1. The van der Waals surface area contributed by atoms with Crippen molar-refractivity contribution in [1.29, 1.82) is 0 Å². The minimum Gasteiger partial charge on any atom is -0.480 e.